The van der Waals surface area contributed by atoms with E-state index in [-0.39, 0.29) is 18.1 Å². The molecular formula is C18H26N6O4. The summed E-state index contributed by atoms with van der Waals surface area (Å²) in [5.74, 6) is 1.000. The summed E-state index contributed by atoms with van der Waals surface area (Å²) in [5, 5.41) is 4.33. The molecule has 28 heavy (non-hydrogen) atoms. The average Bonchev–Trinajstić information content (AvgIpc) is 2.93. The molecule has 1 aliphatic rings. The quantitative estimate of drug-likeness (QED) is 0.721. The van der Waals surface area contributed by atoms with Crippen LogP contribution in [0.4, 0.5) is 0 Å². The molecule has 152 valence electrons. The molecule has 0 spiro atoms. The highest BCUT2D eigenvalue weighted by molar-refractivity contribution is 5.76. The minimum Gasteiger partial charge on any atom is -0.341 e. The number of rotatable bonds is 5. The molecule has 1 fully saturated rings. The molecule has 0 saturated carbocycles. The van der Waals surface area contributed by atoms with Crippen LogP contribution in [0.3, 0.4) is 0 Å². The predicted octanol–water partition coefficient (Wildman–Crippen LogP) is -0.759. The highest BCUT2D eigenvalue weighted by atomic mass is 16.2. The van der Waals surface area contributed by atoms with Crippen LogP contribution in [0.15, 0.2) is 20.6 Å². The summed E-state index contributed by atoms with van der Waals surface area (Å²) in [7, 11) is 1.65. The number of aromatic nitrogens is 5. The smallest absolute Gasteiger partial charge is 0.341 e. The number of H-pyrrole nitrogens is 1. The van der Waals surface area contributed by atoms with Crippen molar-refractivity contribution in [2.24, 2.45) is 13.0 Å². The van der Waals surface area contributed by atoms with Crippen LogP contribution in [0.25, 0.3) is 0 Å². The molecular weight excluding hydrogens is 364 g/mol. The van der Waals surface area contributed by atoms with Crippen LogP contribution < -0.4 is 16.9 Å². The molecule has 0 aliphatic carbocycles. The van der Waals surface area contributed by atoms with Crippen molar-refractivity contribution >= 4 is 5.91 Å². The van der Waals surface area contributed by atoms with Crippen molar-refractivity contribution < 1.29 is 4.79 Å². The number of hydrogen-bond acceptors (Lipinski definition) is 5. The van der Waals surface area contributed by atoms with E-state index in [2.05, 4.69) is 10.1 Å². The third-order valence-electron chi connectivity index (χ3n) is 5.33. The molecule has 1 amide bonds. The lowest BCUT2D eigenvalue weighted by molar-refractivity contribution is -0.133. The van der Waals surface area contributed by atoms with Crippen LogP contribution in [0.1, 0.15) is 31.2 Å². The molecule has 10 nitrogen and oxygen atoms in total. The molecule has 0 radical (unpaired) electrons. The molecule has 0 unspecified atom stereocenters. The Morgan fingerprint density at radius 3 is 2.57 bits per heavy atom. The maximum Gasteiger partial charge on any atom is 0.345 e. The maximum atomic E-state index is 12.5. The second-order valence-electron chi connectivity index (χ2n) is 7.29. The number of nitrogens with zero attached hydrogens (tertiary/aromatic N) is 5. The molecule has 3 heterocycles. The standard InChI is InChI=1S/C18H26N6O4/c1-4-24-14(20-21(3)18(24)28)9-13-5-7-22(8-6-13)15(25)11-23-10-12(2)16(26)19-17(23)27/h10,13H,4-9,11H2,1-3H3,(H,19,26,27). The highest BCUT2D eigenvalue weighted by Gasteiger charge is 2.25. The maximum absolute atomic E-state index is 12.5. The normalized spacial score (nSPS) is 15.2. The van der Waals surface area contributed by atoms with Gasteiger partial charge in [0.1, 0.15) is 12.4 Å². The van der Waals surface area contributed by atoms with Crippen LogP contribution in [-0.4, -0.2) is 47.8 Å². The number of aryl methyl sites for hydroxylation is 2. The Kier molecular flexibility index (Phi) is 5.66. The number of nitrogens with one attached hydrogen (secondary N) is 1. The van der Waals surface area contributed by atoms with Gasteiger partial charge in [0.25, 0.3) is 5.56 Å². The molecule has 10 heteroatoms. The average molecular weight is 390 g/mol. The summed E-state index contributed by atoms with van der Waals surface area (Å²) in [6.45, 7) is 5.23. The summed E-state index contributed by atoms with van der Waals surface area (Å²) in [5.41, 5.74) is -0.726. The summed E-state index contributed by atoms with van der Waals surface area (Å²) >= 11 is 0. The van der Waals surface area contributed by atoms with Gasteiger partial charge in [0.05, 0.1) is 0 Å². The Bertz CT molecular complexity index is 1040. The van der Waals surface area contributed by atoms with E-state index in [1.807, 2.05) is 6.92 Å². The lowest BCUT2D eigenvalue weighted by Gasteiger charge is -2.32. The first-order valence-electron chi connectivity index (χ1n) is 9.51. The van der Waals surface area contributed by atoms with Gasteiger partial charge >= 0.3 is 11.4 Å². The Morgan fingerprint density at radius 1 is 1.25 bits per heavy atom. The Labute approximate surface area is 161 Å². The summed E-state index contributed by atoms with van der Waals surface area (Å²) in [6, 6.07) is 0. The number of piperidine rings is 1. The topological polar surface area (TPSA) is 115 Å². The zero-order chi connectivity index (χ0) is 20.4. The number of carbonyl (C=O) groups is 1. The van der Waals surface area contributed by atoms with E-state index in [1.54, 1.807) is 23.4 Å². The second kappa shape index (κ2) is 7.99. The van der Waals surface area contributed by atoms with Gasteiger partial charge < -0.3 is 4.90 Å². The van der Waals surface area contributed by atoms with Crippen molar-refractivity contribution in [1.29, 1.82) is 0 Å². The fourth-order valence-corrected chi connectivity index (χ4v) is 3.65. The van der Waals surface area contributed by atoms with Crippen molar-refractivity contribution in [3.05, 3.63) is 48.9 Å². The third kappa shape index (κ3) is 4.00. The van der Waals surface area contributed by atoms with Crippen molar-refractivity contribution in [2.75, 3.05) is 13.1 Å². The van der Waals surface area contributed by atoms with E-state index in [4.69, 9.17) is 0 Å². The Morgan fingerprint density at radius 2 is 1.93 bits per heavy atom. The molecule has 1 saturated heterocycles. The molecule has 1 N–H and O–H groups in total. The van der Waals surface area contributed by atoms with Gasteiger partial charge in [0.15, 0.2) is 0 Å². The Hall–Kier alpha value is -2.91. The van der Waals surface area contributed by atoms with Crippen molar-refractivity contribution in [3.8, 4) is 0 Å². The zero-order valence-electron chi connectivity index (χ0n) is 16.5. The molecule has 3 rings (SSSR count). The van der Waals surface area contributed by atoms with Gasteiger partial charge in [0, 0.05) is 44.9 Å². The number of hydrogen-bond donors (Lipinski definition) is 1. The molecule has 0 atom stereocenters. The fourth-order valence-electron chi connectivity index (χ4n) is 3.65. The molecule has 2 aromatic rings. The van der Waals surface area contributed by atoms with Gasteiger partial charge in [0.2, 0.25) is 5.91 Å². The summed E-state index contributed by atoms with van der Waals surface area (Å²) < 4.78 is 4.28. The minimum atomic E-state index is -0.577. The summed E-state index contributed by atoms with van der Waals surface area (Å²) in [4.78, 5) is 51.8. The predicted molar refractivity (Wildman–Crippen MR) is 102 cm³/mol. The van der Waals surface area contributed by atoms with E-state index < -0.39 is 11.2 Å². The van der Waals surface area contributed by atoms with Crippen molar-refractivity contribution in [3.63, 3.8) is 0 Å². The largest absolute Gasteiger partial charge is 0.345 e. The zero-order valence-corrected chi connectivity index (χ0v) is 16.5. The lowest BCUT2D eigenvalue weighted by Crippen LogP contribution is -2.43. The van der Waals surface area contributed by atoms with Gasteiger partial charge in [-0.15, -0.1) is 0 Å². The van der Waals surface area contributed by atoms with Crippen molar-refractivity contribution in [2.45, 2.75) is 46.2 Å². The number of amides is 1. The Balaban J connectivity index is 1.59. The SMILES string of the molecule is CCn1c(CC2CCN(C(=O)Cn3cc(C)c(=O)[nH]c3=O)CC2)nn(C)c1=O. The summed E-state index contributed by atoms with van der Waals surface area (Å²) in [6.07, 6.45) is 3.76. The highest BCUT2D eigenvalue weighted by Crippen LogP contribution is 2.21. The minimum absolute atomic E-state index is 0.0866. The molecule has 2 aromatic heterocycles. The van der Waals surface area contributed by atoms with Gasteiger partial charge in [-0.1, -0.05) is 0 Å². The third-order valence-corrected chi connectivity index (χ3v) is 5.33. The molecule has 1 aliphatic heterocycles. The van der Waals surface area contributed by atoms with Gasteiger partial charge in [-0.05, 0) is 32.6 Å². The monoisotopic (exact) mass is 390 g/mol. The second-order valence-corrected chi connectivity index (χ2v) is 7.29. The fraction of sp³-hybridized carbons (Fsp3) is 0.611. The van der Waals surface area contributed by atoms with Crippen LogP contribution >= 0.6 is 0 Å². The van der Waals surface area contributed by atoms with E-state index in [9.17, 15) is 19.2 Å². The molecule has 0 bridgehead atoms. The van der Waals surface area contributed by atoms with Crippen LogP contribution in [0.2, 0.25) is 0 Å². The first-order chi connectivity index (χ1) is 13.3. The van der Waals surface area contributed by atoms with Crippen LogP contribution in [0.5, 0.6) is 0 Å². The number of likely N-dealkylation sites (tertiary alicyclic amines) is 1. The first kappa shape index (κ1) is 19.8. The van der Waals surface area contributed by atoms with E-state index in [1.165, 1.54) is 15.4 Å². The van der Waals surface area contributed by atoms with Crippen LogP contribution in [-0.2, 0) is 31.4 Å². The van der Waals surface area contributed by atoms with Crippen LogP contribution in [0, 0.1) is 12.8 Å². The van der Waals surface area contributed by atoms with Gasteiger partial charge in [-0.2, -0.15) is 5.10 Å². The van der Waals surface area contributed by atoms with E-state index >= 15 is 0 Å². The number of aromatic amines is 1. The van der Waals surface area contributed by atoms with Gasteiger partial charge in [-0.3, -0.25) is 23.7 Å². The molecule has 0 aromatic carbocycles. The van der Waals surface area contributed by atoms with Crippen molar-refractivity contribution in [1.82, 2.24) is 28.8 Å². The van der Waals surface area contributed by atoms with E-state index in [0.717, 1.165) is 18.7 Å². The van der Waals surface area contributed by atoms with E-state index in [0.29, 0.717) is 37.5 Å². The lowest BCUT2D eigenvalue weighted by atomic mass is 9.93. The first-order valence-corrected chi connectivity index (χ1v) is 9.51. The number of carbonyl (C=O) groups excluding carboxylic acids is 1. The van der Waals surface area contributed by atoms with Gasteiger partial charge in [-0.25, -0.2) is 14.3 Å².